The van der Waals surface area contributed by atoms with Crippen LogP contribution in [0.25, 0.3) is 0 Å². The van der Waals surface area contributed by atoms with Crippen LogP contribution in [-0.2, 0) is 0 Å². The number of aliphatic hydroxyl groups excluding tert-OH is 1. The summed E-state index contributed by atoms with van der Waals surface area (Å²) in [6, 6.07) is 10.9. The molecule has 0 aliphatic rings. The second-order valence-electron chi connectivity index (χ2n) is 3.75. The van der Waals surface area contributed by atoms with Crippen LogP contribution in [0.4, 0.5) is 0 Å². The molecular weight excluding hydrogens is 314 g/mol. The van der Waals surface area contributed by atoms with E-state index >= 15 is 0 Å². The number of halogens is 1. The van der Waals surface area contributed by atoms with Crippen molar-refractivity contribution < 1.29 is 9.90 Å². The molecule has 0 bridgehead atoms. The van der Waals surface area contributed by atoms with E-state index in [-0.39, 0.29) is 12.5 Å². The van der Waals surface area contributed by atoms with Gasteiger partial charge in [0.2, 0.25) is 0 Å². The second-order valence-corrected chi connectivity index (χ2v) is 5.65. The molecule has 2 aromatic rings. The van der Waals surface area contributed by atoms with Gasteiger partial charge in [-0.25, -0.2) is 0 Å². The second kappa shape index (κ2) is 6.13. The van der Waals surface area contributed by atoms with Gasteiger partial charge < -0.3 is 10.4 Å². The third-order valence-corrected chi connectivity index (χ3v) is 3.88. The molecule has 2 N–H and O–H groups in total. The van der Waals surface area contributed by atoms with Gasteiger partial charge in [-0.2, -0.15) is 0 Å². The number of amides is 1. The quantitative estimate of drug-likeness (QED) is 0.907. The van der Waals surface area contributed by atoms with Crippen LogP contribution < -0.4 is 5.32 Å². The lowest BCUT2D eigenvalue weighted by Crippen LogP contribution is -2.28. The molecule has 0 radical (unpaired) electrons. The highest BCUT2D eigenvalue weighted by molar-refractivity contribution is 9.10. The summed E-state index contributed by atoms with van der Waals surface area (Å²) in [5.41, 5.74) is 0.572. The Bertz CT molecular complexity index is 528. The summed E-state index contributed by atoms with van der Waals surface area (Å²) in [4.78, 5) is 12.7. The monoisotopic (exact) mass is 325 g/mol. The SMILES string of the molecule is O=C(NC[C@@H](O)c1cccs1)c1cccc(Br)c1. The molecule has 0 unspecified atom stereocenters. The zero-order valence-corrected chi connectivity index (χ0v) is 11.9. The van der Waals surface area contributed by atoms with E-state index in [1.165, 1.54) is 11.3 Å². The predicted molar refractivity (Wildman–Crippen MR) is 75.8 cm³/mol. The smallest absolute Gasteiger partial charge is 0.251 e. The summed E-state index contributed by atoms with van der Waals surface area (Å²) in [5, 5.41) is 14.5. The predicted octanol–water partition coefficient (Wildman–Crippen LogP) is 2.97. The summed E-state index contributed by atoms with van der Waals surface area (Å²) in [6.45, 7) is 0.214. The van der Waals surface area contributed by atoms with Crippen LogP contribution in [0.3, 0.4) is 0 Å². The van der Waals surface area contributed by atoms with Crippen molar-refractivity contribution >= 4 is 33.2 Å². The number of aliphatic hydroxyl groups is 1. The maximum atomic E-state index is 11.8. The molecule has 1 heterocycles. The minimum Gasteiger partial charge on any atom is -0.386 e. The lowest BCUT2D eigenvalue weighted by molar-refractivity contribution is 0.0918. The molecule has 1 atom stereocenters. The number of hydrogen-bond acceptors (Lipinski definition) is 3. The van der Waals surface area contributed by atoms with Crippen LogP contribution >= 0.6 is 27.3 Å². The average Bonchev–Trinajstić information content (AvgIpc) is 2.89. The Balaban J connectivity index is 1.92. The van der Waals surface area contributed by atoms with E-state index in [4.69, 9.17) is 0 Å². The van der Waals surface area contributed by atoms with E-state index in [0.29, 0.717) is 5.56 Å². The van der Waals surface area contributed by atoms with E-state index in [2.05, 4.69) is 21.2 Å². The molecule has 94 valence electrons. The van der Waals surface area contributed by atoms with Crippen molar-refractivity contribution in [1.29, 1.82) is 0 Å². The Morgan fingerprint density at radius 3 is 2.89 bits per heavy atom. The molecule has 0 aliphatic carbocycles. The summed E-state index contributed by atoms with van der Waals surface area (Å²) >= 11 is 4.79. The highest BCUT2D eigenvalue weighted by Crippen LogP contribution is 2.18. The molecule has 0 saturated carbocycles. The van der Waals surface area contributed by atoms with Gasteiger partial charge in [-0.3, -0.25) is 4.79 Å². The highest BCUT2D eigenvalue weighted by atomic mass is 79.9. The first-order valence-electron chi connectivity index (χ1n) is 5.42. The molecule has 2 rings (SSSR count). The molecule has 18 heavy (non-hydrogen) atoms. The molecule has 0 fully saturated rings. The minimum atomic E-state index is -0.652. The summed E-state index contributed by atoms with van der Waals surface area (Å²) in [7, 11) is 0. The lowest BCUT2D eigenvalue weighted by Gasteiger charge is -2.10. The van der Waals surface area contributed by atoms with Gasteiger partial charge in [0.25, 0.3) is 5.91 Å². The zero-order valence-electron chi connectivity index (χ0n) is 9.47. The standard InChI is InChI=1S/C13H12BrNO2S/c14-10-4-1-3-9(7-10)13(17)15-8-11(16)12-5-2-6-18-12/h1-7,11,16H,8H2,(H,15,17)/t11-/m1/s1. The van der Waals surface area contributed by atoms with Gasteiger partial charge in [0.15, 0.2) is 0 Å². The van der Waals surface area contributed by atoms with Crippen LogP contribution in [-0.4, -0.2) is 17.6 Å². The Labute approximate surface area is 118 Å². The van der Waals surface area contributed by atoms with Crippen LogP contribution in [0.15, 0.2) is 46.3 Å². The van der Waals surface area contributed by atoms with E-state index in [1.807, 2.05) is 23.6 Å². The van der Waals surface area contributed by atoms with E-state index in [0.717, 1.165) is 9.35 Å². The first-order valence-corrected chi connectivity index (χ1v) is 7.09. The number of nitrogens with one attached hydrogen (secondary N) is 1. The van der Waals surface area contributed by atoms with Crippen molar-refractivity contribution in [1.82, 2.24) is 5.32 Å². The van der Waals surface area contributed by atoms with Crippen LogP contribution in [0.5, 0.6) is 0 Å². The molecule has 0 spiro atoms. The number of thiophene rings is 1. The maximum absolute atomic E-state index is 11.8. The van der Waals surface area contributed by atoms with Gasteiger partial charge in [-0.15, -0.1) is 11.3 Å². The third kappa shape index (κ3) is 3.41. The van der Waals surface area contributed by atoms with Gasteiger partial charge in [-0.1, -0.05) is 28.1 Å². The maximum Gasteiger partial charge on any atom is 0.251 e. The summed E-state index contributed by atoms with van der Waals surface area (Å²) in [5.74, 6) is -0.188. The third-order valence-electron chi connectivity index (χ3n) is 2.41. The van der Waals surface area contributed by atoms with Crippen molar-refractivity contribution in [2.24, 2.45) is 0 Å². The summed E-state index contributed by atoms with van der Waals surface area (Å²) < 4.78 is 0.856. The van der Waals surface area contributed by atoms with Gasteiger partial charge in [-0.05, 0) is 29.6 Å². The minimum absolute atomic E-state index is 0.188. The number of rotatable bonds is 4. The number of benzene rings is 1. The van der Waals surface area contributed by atoms with Gasteiger partial charge >= 0.3 is 0 Å². The van der Waals surface area contributed by atoms with Crippen molar-refractivity contribution in [2.75, 3.05) is 6.54 Å². The Morgan fingerprint density at radius 2 is 2.22 bits per heavy atom. The molecule has 1 aromatic heterocycles. The van der Waals surface area contributed by atoms with Crippen molar-refractivity contribution in [2.45, 2.75) is 6.10 Å². The van der Waals surface area contributed by atoms with E-state index < -0.39 is 6.10 Å². The molecule has 1 aromatic carbocycles. The fourth-order valence-electron chi connectivity index (χ4n) is 1.50. The first kappa shape index (κ1) is 13.3. The number of hydrogen-bond donors (Lipinski definition) is 2. The molecule has 1 amide bonds. The van der Waals surface area contributed by atoms with Crippen molar-refractivity contribution in [3.63, 3.8) is 0 Å². The van der Waals surface area contributed by atoms with E-state index in [1.54, 1.807) is 18.2 Å². The van der Waals surface area contributed by atoms with Crippen molar-refractivity contribution in [3.05, 3.63) is 56.7 Å². The lowest BCUT2D eigenvalue weighted by atomic mass is 10.2. The van der Waals surface area contributed by atoms with Gasteiger partial charge in [0.05, 0.1) is 0 Å². The Kier molecular flexibility index (Phi) is 4.52. The Hall–Kier alpha value is -1.17. The molecular formula is C13H12BrNO2S. The number of carbonyl (C=O) groups excluding carboxylic acids is 1. The number of carbonyl (C=O) groups is 1. The summed E-state index contributed by atoms with van der Waals surface area (Å²) in [6.07, 6.45) is -0.652. The fraction of sp³-hybridized carbons (Fsp3) is 0.154. The first-order chi connectivity index (χ1) is 8.66. The molecule has 0 aliphatic heterocycles. The van der Waals surface area contributed by atoms with Crippen LogP contribution in [0, 0.1) is 0 Å². The molecule has 3 nitrogen and oxygen atoms in total. The zero-order chi connectivity index (χ0) is 13.0. The fourth-order valence-corrected chi connectivity index (χ4v) is 2.61. The van der Waals surface area contributed by atoms with Crippen LogP contribution in [0.2, 0.25) is 0 Å². The van der Waals surface area contributed by atoms with Crippen LogP contribution in [0.1, 0.15) is 21.3 Å². The highest BCUT2D eigenvalue weighted by Gasteiger charge is 2.11. The molecule has 0 saturated heterocycles. The Morgan fingerprint density at radius 1 is 1.39 bits per heavy atom. The topological polar surface area (TPSA) is 49.3 Å². The average molecular weight is 326 g/mol. The van der Waals surface area contributed by atoms with E-state index in [9.17, 15) is 9.90 Å². The molecule has 5 heteroatoms. The largest absolute Gasteiger partial charge is 0.386 e. The van der Waals surface area contributed by atoms with Crippen molar-refractivity contribution in [3.8, 4) is 0 Å². The normalized spacial score (nSPS) is 12.1. The van der Waals surface area contributed by atoms with Gasteiger partial charge in [0, 0.05) is 21.5 Å². The van der Waals surface area contributed by atoms with Gasteiger partial charge in [0.1, 0.15) is 6.10 Å².